The summed E-state index contributed by atoms with van der Waals surface area (Å²) < 4.78 is 27.7. The molecule has 0 radical (unpaired) electrons. The Kier molecular flexibility index (Phi) is 39.9. The summed E-state index contributed by atoms with van der Waals surface area (Å²) in [5, 5.41) is 0. The lowest BCUT2D eigenvalue weighted by atomic mass is 10.0. The van der Waals surface area contributed by atoms with Gasteiger partial charge < -0.3 is 23.7 Å². The highest BCUT2D eigenvalue weighted by molar-refractivity contribution is 5.33. The van der Waals surface area contributed by atoms with Gasteiger partial charge >= 0.3 is 0 Å². The highest BCUT2D eigenvalue weighted by Crippen LogP contribution is 2.20. The molecule has 0 spiro atoms. The van der Waals surface area contributed by atoms with Crippen molar-refractivity contribution in [3.8, 4) is 28.7 Å². The molecular formula is C64H98O5. The summed E-state index contributed by atoms with van der Waals surface area (Å²) in [6.45, 7) is 25.7. The van der Waals surface area contributed by atoms with Crippen molar-refractivity contribution < 1.29 is 23.7 Å². The standard InChI is InChI=1S/C14H22.2C13H20O.C12H18O2.C12H18O/c1-3-5-8-13-10-7-11-14(12-13)9-6-4-2;2*1-3-5-7-12-8-6-9-13(11-12)14-10-4-2;1-3-8-13-11-6-5-7-12(10-11)14-9-4-2;1-3-6-11-7-5-8-12(10-11)13-9-4-2/h7,10-12H,3-6,8-9H2,1-2H3;2*6,8-9,11H,3-5,7,10H2,1-2H3;5-7,10H,3-4,8-9H2,1-2H3;5,7-8,10H,3-4,6,9H2,1-2H3. The lowest BCUT2D eigenvalue weighted by molar-refractivity contribution is 0.301. The van der Waals surface area contributed by atoms with Crippen molar-refractivity contribution in [1.29, 1.82) is 0 Å². The van der Waals surface area contributed by atoms with Gasteiger partial charge in [0.25, 0.3) is 0 Å². The molecule has 0 atom stereocenters. The predicted octanol–water partition coefficient (Wildman–Crippen LogP) is 18.7. The Hall–Kier alpha value is -4.90. The second-order valence-corrected chi connectivity index (χ2v) is 17.6. The predicted molar refractivity (Wildman–Crippen MR) is 300 cm³/mol. The molecule has 0 saturated heterocycles. The van der Waals surface area contributed by atoms with Crippen molar-refractivity contribution in [2.24, 2.45) is 0 Å². The minimum atomic E-state index is 0.761. The van der Waals surface area contributed by atoms with Crippen molar-refractivity contribution in [3.05, 3.63) is 149 Å². The summed E-state index contributed by atoms with van der Waals surface area (Å²) in [7, 11) is 0. The van der Waals surface area contributed by atoms with E-state index in [4.69, 9.17) is 23.7 Å². The number of hydrogen-bond donors (Lipinski definition) is 0. The second kappa shape index (κ2) is 44.3. The van der Waals surface area contributed by atoms with E-state index >= 15 is 0 Å². The van der Waals surface area contributed by atoms with E-state index in [1.165, 1.54) is 111 Å². The van der Waals surface area contributed by atoms with E-state index in [2.05, 4.69) is 148 Å². The molecule has 0 aliphatic carbocycles. The van der Waals surface area contributed by atoms with Gasteiger partial charge in [0.05, 0.1) is 33.0 Å². The molecule has 5 nitrogen and oxygen atoms in total. The van der Waals surface area contributed by atoms with E-state index in [0.29, 0.717) is 0 Å². The van der Waals surface area contributed by atoms with E-state index < -0.39 is 0 Å². The average Bonchev–Trinajstić information content (AvgIpc) is 3.39. The van der Waals surface area contributed by atoms with Crippen molar-refractivity contribution in [3.63, 3.8) is 0 Å². The van der Waals surface area contributed by atoms with Crippen molar-refractivity contribution in [2.75, 3.05) is 33.0 Å². The van der Waals surface area contributed by atoms with Crippen molar-refractivity contribution in [2.45, 2.75) is 191 Å². The van der Waals surface area contributed by atoms with Gasteiger partial charge in [0.15, 0.2) is 0 Å². The van der Waals surface area contributed by atoms with Gasteiger partial charge in [-0.2, -0.15) is 0 Å². The van der Waals surface area contributed by atoms with Crippen molar-refractivity contribution in [1.82, 2.24) is 0 Å². The summed E-state index contributed by atoms with van der Waals surface area (Å²) >= 11 is 0. The van der Waals surface area contributed by atoms with Crippen LogP contribution in [0.1, 0.15) is 187 Å². The lowest BCUT2D eigenvalue weighted by Gasteiger charge is -2.07. The minimum Gasteiger partial charge on any atom is -0.494 e. The van der Waals surface area contributed by atoms with Crippen LogP contribution in [0.15, 0.2) is 121 Å². The maximum absolute atomic E-state index is 5.58. The monoisotopic (exact) mass is 947 g/mol. The van der Waals surface area contributed by atoms with Gasteiger partial charge in [-0.1, -0.05) is 168 Å². The SMILES string of the molecule is CCCCc1cccc(CCCC)c1.CCCCc1cccc(OCCC)c1.CCCCc1cccc(OCCC)c1.CCCOc1cccc(CCC)c1.CCCOc1cccc(OCCC)c1. The van der Waals surface area contributed by atoms with Crippen LogP contribution in [0.2, 0.25) is 0 Å². The summed E-state index contributed by atoms with van der Waals surface area (Å²) in [4.78, 5) is 0. The first-order valence-corrected chi connectivity index (χ1v) is 27.4. The molecule has 5 rings (SSSR count). The second-order valence-electron chi connectivity index (χ2n) is 17.6. The molecule has 5 aromatic rings. The Balaban J connectivity index is 0.000000431. The summed E-state index contributed by atoms with van der Waals surface area (Å²) in [6.07, 6.45) is 22.7. The number of unbranched alkanes of at least 4 members (excludes halogenated alkanes) is 4. The molecular weight excluding hydrogens is 849 g/mol. The normalized spacial score (nSPS) is 10.1. The van der Waals surface area contributed by atoms with Crippen molar-refractivity contribution >= 4 is 0 Å². The van der Waals surface area contributed by atoms with Crippen LogP contribution in [-0.2, 0) is 32.1 Å². The van der Waals surface area contributed by atoms with Gasteiger partial charge in [0, 0.05) is 6.07 Å². The highest BCUT2D eigenvalue weighted by Gasteiger charge is 2.00. The maximum Gasteiger partial charge on any atom is 0.122 e. The van der Waals surface area contributed by atoms with Crippen LogP contribution >= 0.6 is 0 Å². The van der Waals surface area contributed by atoms with Crippen LogP contribution < -0.4 is 23.7 Å². The lowest BCUT2D eigenvalue weighted by Crippen LogP contribution is -1.97. The van der Waals surface area contributed by atoms with Gasteiger partial charge in [-0.05, 0) is 166 Å². The summed E-state index contributed by atoms with van der Waals surface area (Å²) in [5.74, 6) is 4.81. The summed E-state index contributed by atoms with van der Waals surface area (Å²) in [5.41, 5.74) is 7.18. The molecule has 0 amide bonds. The van der Waals surface area contributed by atoms with Crippen LogP contribution in [0.5, 0.6) is 28.7 Å². The fourth-order valence-electron chi connectivity index (χ4n) is 6.88. The quantitative estimate of drug-likeness (QED) is 0.0478. The van der Waals surface area contributed by atoms with Gasteiger partial charge in [-0.25, -0.2) is 0 Å². The third-order valence-corrected chi connectivity index (χ3v) is 10.7. The molecule has 0 aromatic heterocycles. The zero-order chi connectivity index (χ0) is 50.4. The molecule has 384 valence electrons. The van der Waals surface area contributed by atoms with E-state index in [1.807, 2.05) is 42.5 Å². The molecule has 5 aromatic carbocycles. The summed E-state index contributed by atoms with van der Waals surface area (Å²) in [6, 6.07) is 42.2. The Morgan fingerprint density at radius 2 is 0.464 bits per heavy atom. The molecule has 0 fully saturated rings. The highest BCUT2D eigenvalue weighted by atomic mass is 16.5. The molecule has 0 aliphatic rings. The zero-order valence-corrected chi connectivity index (χ0v) is 45.6. The largest absolute Gasteiger partial charge is 0.494 e. The molecule has 69 heavy (non-hydrogen) atoms. The zero-order valence-electron chi connectivity index (χ0n) is 45.6. The first-order valence-electron chi connectivity index (χ1n) is 27.4. The first-order chi connectivity index (χ1) is 33.8. The Bertz CT molecular complexity index is 1590. The Labute approximate surface area is 424 Å². The molecule has 0 N–H and O–H groups in total. The number of ether oxygens (including phenoxy) is 5. The Morgan fingerprint density at radius 1 is 0.232 bits per heavy atom. The first kappa shape index (κ1) is 62.1. The van der Waals surface area contributed by atoms with Gasteiger partial charge in [-0.3, -0.25) is 0 Å². The van der Waals surface area contributed by atoms with E-state index in [0.717, 1.165) is 100 Å². The Morgan fingerprint density at radius 3 is 0.725 bits per heavy atom. The van der Waals surface area contributed by atoms with Crippen LogP contribution in [0.3, 0.4) is 0 Å². The maximum atomic E-state index is 5.58. The van der Waals surface area contributed by atoms with Crippen LogP contribution in [0.4, 0.5) is 0 Å². The van der Waals surface area contributed by atoms with E-state index in [9.17, 15) is 0 Å². The molecule has 5 heteroatoms. The fraction of sp³-hybridized carbons (Fsp3) is 0.531. The molecule has 0 bridgehead atoms. The number of aryl methyl sites for hydroxylation is 5. The van der Waals surface area contributed by atoms with Gasteiger partial charge in [0.1, 0.15) is 28.7 Å². The number of benzene rings is 5. The molecule has 0 aliphatic heterocycles. The van der Waals surface area contributed by atoms with Gasteiger partial charge in [0.2, 0.25) is 0 Å². The number of hydrogen-bond acceptors (Lipinski definition) is 5. The fourth-order valence-corrected chi connectivity index (χ4v) is 6.88. The third kappa shape index (κ3) is 33.3. The van der Waals surface area contributed by atoms with Crippen LogP contribution in [-0.4, -0.2) is 33.0 Å². The topological polar surface area (TPSA) is 46.2 Å². The smallest absolute Gasteiger partial charge is 0.122 e. The average molecular weight is 947 g/mol. The van der Waals surface area contributed by atoms with Gasteiger partial charge in [-0.15, -0.1) is 0 Å². The van der Waals surface area contributed by atoms with Crippen LogP contribution in [0, 0.1) is 0 Å². The molecule has 0 heterocycles. The van der Waals surface area contributed by atoms with E-state index in [1.54, 1.807) is 0 Å². The number of rotatable bonds is 29. The minimum absolute atomic E-state index is 0.761. The molecule has 0 saturated carbocycles. The molecule has 0 unspecified atom stereocenters. The van der Waals surface area contributed by atoms with Crippen LogP contribution in [0.25, 0.3) is 0 Å². The third-order valence-electron chi connectivity index (χ3n) is 10.7. The van der Waals surface area contributed by atoms with E-state index in [-0.39, 0.29) is 0 Å².